The fraction of sp³-hybridized carbons (Fsp3) is 0.214. The van der Waals surface area contributed by atoms with Gasteiger partial charge in [-0.05, 0) is 17.9 Å². The lowest BCUT2D eigenvalue weighted by molar-refractivity contribution is 0.630. The molecule has 2 heterocycles. The first-order valence-corrected chi connectivity index (χ1v) is 7.44. The molecule has 5 nitrogen and oxygen atoms in total. The van der Waals surface area contributed by atoms with Crippen molar-refractivity contribution in [2.45, 2.75) is 12.1 Å². The minimum absolute atomic E-state index is 0.210. The molecule has 3 rings (SSSR count). The van der Waals surface area contributed by atoms with E-state index in [1.54, 1.807) is 29.8 Å². The minimum Gasteiger partial charge on any atom is -0.307 e. The highest BCUT2D eigenvalue weighted by atomic mass is 32.2. The molecular weight excluding hydrogens is 291 g/mol. The molecule has 0 unspecified atom stereocenters. The number of aromatic nitrogens is 4. The van der Waals surface area contributed by atoms with E-state index in [4.69, 9.17) is 0 Å². The predicted octanol–water partition coefficient (Wildman–Crippen LogP) is 2.57. The van der Waals surface area contributed by atoms with Gasteiger partial charge in [0.05, 0.1) is 5.56 Å². The summed E-state index contributed by atoms with van der Waals surface area (Å²) in [6.45, 7) is 2.01. The average molecular weight is 304 g/mol. The number of thioether (sulfide) groups is 1. The Hall–Kier alpha value is -2.15. The van der Waals surface area contributed by atoms with E-state index in [2.05, 4.69) is 15.0 Å². The van der Waals surface area contributed by atoms with Gasteiger partial charge in [0.15, 0.2) is 16.3 Å². The predicted molar refractivity (Wildman–Crippen MR) is 80.9 cm³/mol. The molecular formula is C14H13FN4OS. The van der Waals surface area contributed by atoms with Crippen molar-refractivity contribution in [2.75, 3.05) is 5.75 Å². The zero-order valence-electron chi connectivity index (χ0n) is 11.6. The van der Waals surface area contributed by atoms with Crippen molar-refractivity contribution >= 4 is 22.9 Å². The van der Waals surface area contributed by atoms with Crippen molar-refractivity contribution in [3.8, 4) is 11.4 Å². The lowest BCUT2D eigenvalue weighted by Gasteiger charge is -2.03. The summed E-state index contributed by atoms with van der Waals surface area (Å²) in [7, 11) is 1.80. The third-order valence-electron chi connectivity index (χ3n) is 3.09. The molecule has 2 aromatic heterocycles. The van der Waals surface area contributed by atoms with E-state index >= 15 is 0 Å². The number of nitrogens with one attached hydrogen (secondary N) is 1. The molecule has 1 aromatic carbocycles. The molecule has 0 bridgehead atoms. The van der Waals surface area contributed by atoms with Gasteiger partial charge < -0.3 is 9.55 Å². The molecule has 21 heavy (non-hydrogen) atoms. The summed E-state index contributed by atoms with van der Waals surface area (Å²) >= 11 is 1.53. The summed E-state index contributed by atoms with van der Waals surface area (Å²) in [5.41, 5.74) is 0.626. The first-order chi connectivity index (χ1) is 10.1. The van der Waals surface area contributed by atoms with Gasteiger partial charge in [-0.15, -0.1) is 0 Å². The van der Waals surface area contributed by atoms with E-state index in [1.165, 1.54) is 17.8 Å². The minimum atomic E-state index is -0.426. The van der Waals surface area contributed by atoms with Crippen LogP contribution in [0.4, 0.5) is 4.39 Å². The lowest BCUT2D eigenvalue weighted by Crippen LogP contribution is -2.10. The number of imidazole rings is 1. The molecule has 0 radical (unpaired) electrons. The van der Waals surface area contributed by atoms with Crippen LogP contribution in [0.3, 0.4) is 0 Å². The van der Waals surface area contributed by atoms with E-state index in [0.29, 0.717) is 5.65 Å². The molecule has 3 aromatic rings. The Morgan fingerprint density at radius 3 is 2.81 bits per heavy atom. The van der Waals surface area contributed by atoms with Crippen molar-refractivity contribution in [3.63, 3.8) is 0 Å². The van der Waals surface area contributed by atoms with Crippen molar-refractivity contribution in [3.05, 3.63) is 40.4 Å². The Balaban J connectivity index is 2.26. The maximum atomic E-state index is 13.8. The van der Waals surface area contributed by atoms with Gasteiger partial charge in [-0.3, -0.25) is 4.79 Å². The first kappa shape index (κ1) is 13.8. The van der Waals surface area contributed by atoms with Crippen LogP contribution in [0.25, 0.3) is 22.6 Å². The third kappa shape index (κ3) is 2.33. The summed E-state index contributed by atoms with van der Waals surface area (Å²) in [5.74, 6) is 0.627. The number of hydrogen-bond acceptors (Lipinski definition) is 4. The molecule has 0 aliphatic carbocycles. The Labute approximate surface area is 124 Å². The van der Waals surface area contributed by atoms with Gasteiger partial charge >= 0.3 is 0 Å². The van der Waals surface area contributed by atoms with E-state index in [9.17, 15) is 9.18 Å². The molecule has 0 fully saturated rings. The van der Waals surface area contributed by atoms with Crippen molar-refractivity contribution in [1.82, 2.24) is 19.5 Å². The topological polar surface area (TPSA) is 63.6 Å². The number of benzene rings is 1. The molecule has 0 aliphatic rings. The molecule has 0 atom stereocenters. The van der Waals surface area contributed by atoms with Crippen molar-refractivity contribution in [1.29, 1.82) is 0 Å². The fourth-order valence-corrected chi connectivity index (χ4v) is 2.78. The zero-order chi connectivity index (χ0) is 15.0. The van der Waals surface area contributed by atoms with Gasteiger partial charge in [0.1, 0.15) is 11.6 Å². The van der Waals surface area contributed by atoms with Gasteiger partial charge in [-0.2, -0.15) is 0 Å². The summed E-state index contributed by atoms with van der Waals surface area (Å²) in [6, 6.07) is 6.21. The van der Waals surface area contributed by atoms with Crippen LogP contribution in [-0.2, 0) is 7.05 Å². The van der Waals surface area contributed by atoms with Gasteiger partial charge in [0.2, 0.25) is 0 Å². The number of rotatable bonds is 3. The van der Waals surface area contributed by atoms with E-state index < -0.39 is 5.82 Å². The number of nitrogens with zero attached hydrogens (tertiary/aromatic N) is 3. The molecule has 1 N–H and O–H groups in total. The molecule has 7 heteroatoms. The summed E-state index contributed by atoms with van der Waals surface area (Å²) < 4.78 is 15.6. The van der Waals surface area contributed by atoms with Crippen LogP contribution < -0.4 is 5.56 Å². The Kier molecular flexibility index (Phi) is 3.50. The van der Waals surface area contributed by atoms with Crippen LogP contribution in [0, 0.1) is 5.82 Å². The van der Waals surface area contributed by atoms with Crippen LogP contribution in [0.5, 0.6) is 0 Å². The van der Waals surface area contributed by atoms with Crippen LogP contribution >= 0.6 is 11.8 Å². The van der Waals surface area contributed by atoms with E-state index in [0.717, 1.165) is 10.9 Å². The number of halogens is 1. The molecule has 0 aliphatic heterocycles. The highest BCUT2D eigenvalue weighted by molar-refractivity contribution is 7.99. The number of fused-ring (bicyclic) bond motifs is 1. The monoisotopic (exact) mass is 304 g/mol. The fourth-order valence-electron chi connectivity index (χ4n) is 2.09. The lowest BCUT2D eigenvalue weighted by atomic mass is 10.2. The number of H-pyrrole nitrogens is 1. The summed E-state index contributed by atoms with van der Waals surface area (Å²) in [5, 5.41) is 0.719. The summed E-state index contributed by atoms with van der Waals surface area (Å²) in [6.07, 6.45) is 0. The number of aryl methyl sites for hydroxylation is 1. The van der Waals surface area contributed by atoms with Crippen molar-refractivity contribution in [2.24, 2.45) is 7.05 Å². The normalized spacial score (nSPS) is 11.2. The maximum Gasteiger partial charge on any atom is 0.279 e. The molecule has 0 spiro atoms. The molecule has 0 saturated heterocycles. The van der Waals surface area contributed by atoms with Gasteiger partial charge in [-0.25, -0.2) is 14.4 Å². The Bertz CT molecular complexity index is 871. The average Bonchev–Trinajstić information content (AvgIpc) is 2.78. The Morgan fingerprint density at radius 1 is 1.33 bits per heavy atom. The molecule has 108 valence electrons. The second-order valence-electron chi connectivity index (χ2n) is 4.45. The van der Waals surface area contributed by atoms with Crippen LogP contribution in [-0.4, -0.2) is 25.3 Å². The quantitative estimate of drug-likeness (QED) is 0.755. The third-order valence-corrected chi connectivity index (χ3v) is 4.00. The van der Waals surface area contributed by atoms with Gasteiger partial charge in [0, 0.05) is 7.05 Å². The Morgan fingerprint density at radius 2 is 2.10 bits per heavy atom. The van der Waals surface area contributed by atoms with Gasteiger partial charge in [-0.1, -0.05) is 30.8 Å². The van der Waals surface area contributed by atoms with Crippen molar-refractivity contribution < 1.29 is 4.39 Å². The second-order valence-corrected chi connectivity index (χ2v) is 5.68. The SMILES string of the molecule is CCSc1nc2c(=O)[nH]c(-c3ccccc3F)nc2n1C. The number of hydrogen-bond donors (Lipinski definition) is 1. The van der Waals surface area contributed by atoms with Crippen LogP contribution in [0.15, 0.2) is 34.2 Å². The molecule has 0 saturated carbocycles. The zero-order valence-corrected chi connectivity index (χ0v) is 12.4. The first-order valence-electron chi connectivity index (χ1n) is 6.46. The number of aromatic amines is 1. The van der Waals surface area contributed by atoms with Crippen LogP contribution in [0.2, 0.25) is 0 Å². The second kappa shape index (κ2) is 5.33. The highest BCUT2D eigenvalue weighted by Crippen LogP contribution is 2.22. The van der Waals surface area contributed by atoms with E-state index in [-0.39, 0.29) is 22.5 Å². The van der Waals surface area contributed by atoms with E-state index in [1.807, 2.05) is 6.92 Å². The highest BCUT2D eigenvalue weighted by Gasteiger charge is 2.15. The standard InChI is InChI=1S/C14H13FN4OS/c1-3-21-14-16-10-12(19(14)2)17-11(18-13(10)20)8-6-4-5-7-9(8)15/h4-7H,3H2,1-2H3,(H,17,18,20). The van der Waals surface area contributed by atoms with Crippen LogP contribution in [0.1, 0.15) is 6.92 Å². The largest absolute Gasteiger partial charge is 0.307 e. The van der Waals surface area contributed by atoms with Gasteiger partial charge in [0.25, 0.3) is 5.56 Å². The molecule has 0 amide bonds. The maximum absolute atomic E-state index is 13.8. The smallest absolute Gasteiger partial charge is 0.279 e. The summed E-state index contributed by atoms with van der Waals surface area (Å²) in [4.78, 5) is 23.4.